The van der Waals surface area contributed by atoms with Crippen molar-refractivity contribution in [2.24, 2.45) is 0 Å². The van der Waals surface area contributed by atoms with E-state index < -0.39 is 20.7 Å². The van der Waals surface area contributed by atoms with Gasteiger partial charge >= 0.3 is 0 Å². The number of carbonyl (C=O) groups is 1. The minimum atomic E-state index is -4.14. The van der Waals surface area contributed by atoms with Crippen molar-refractivity contribution in [3.63, 3.8) is 0 Å². The molecule has 2 N–H and O–H groups in total. The average molecular weight is 315 g/mol. The van der Waals surface area contributed by atoms with Crippen molar-refractivity contribution in [1.82, 2.24) is 9.21 Å². The maximum Gasteiger partial charge on any atom is 0.248 e. The van der Waals surface area contributed by atoms with Crippen LogP contribution in [-0.4, -0.2) is 50.2 Å². The number of carbonyl (C=O) groups excluding carboxylic acids is 1. The average Bonchev–Trinajstić information content (AvgIpc) is 2.91. The third-order valence-corrected chi connectivity index (χ3v) is 5.38. The molecule has 116 valence electrons. The predicted octanol–water partition coefficient (Wildman–Crippen LogP) is 0.651. The van der Waals surface area contributed by atoms with Crippen LogP contribution >= 0.6 is 0 Å². The van der Waals surface area contributed by atoms with Gasteiger partial charge in [0.1, 0.15) is 10.7 Å². The molecule has 0 aromatic heterocycles. The molecule has 0 bridgehead atoms. The Labute approximate surface area is 123 Å². The van der Waals surface area contributed by atoms with Crippen molar-refractivity contribution < 1.29 is 17.6 Å². The number of rotatable bonds is 4. The van der Waals surface area contributed by atoms with Gasteiger partial charge in [0, 0.05) is 20.1 Å². The molecule has 1 aromatic carbocycles. The van der Waals surface area contributed by atoms with Crippen LogP contribution in [0.2, 0.25) is 0 Å². The van der Waals surface area contributed by atoms with E-state index in [1.807, 2.05) is 0 Å². The van der Waals surface area contributed by atoms with E-state index in [0.717, 1.165) is 23.2 Å². The number of halogens is 1. The molecule has 0 saturated carbocycles. The molecule has 1 fully saturated rings. The molecule has 0 radical (unpaired) electrons. The Bertz CT molecular complexity index is 622. The van der Waals surface area contributed by atoms with Crippen molar-refractivity contribution >= 4 is 21.6 Å². The summed E-state index contributed by atoms with van der Waals surface area (Å²) in [5.74, 6) is -1.20. The predicted molar refractivity (Wildman–Crippen MR) is 76.4 cm³/mol. The number of hydrogen-bond acceptors (Lipinski definition) is 4. The highest BCUT2D eigenvalue weighted by Gasteiger charge is 2.30. The van der Waals surface area contributed by atoms with Crippen molar-refractivity contribution in [2.45, 2.75) is 17.7 Å². The fourth-order valence-corrected chi connectivity index (χ4v) is 3.57. The summed E-state index contributed by atoms with van der Waals surface area (Å²) in [6, 6.07) is 3.67. The Morgan fingerprint density at radius 2 is 2.00 bits per heavy atom. The van der Waals surface area contributed by atoms with Gasteiger partial charge in [-0.15, -0.1) is 0 Å². The first kappa shape index (κ1) is 15.7. The van der Waals surface area contributed by atoms with Gasteiger partial charge in [-0.05, 0) is 25.0 Å². The molecule has 21 heavy (non-hydrogen) atoms. The van der Waals surface area contributed by atoms with Gasteiger partial charge in [0.2, 0.25) is 15.9 Å². The van der Waals surface area contributed by atoms with Crippen LogP contribution in [0, 0.1) is 5.82 Å². The number of amides is 1. The van der Waals surface area contributed by atoms with Crippen molar-refractivity contribution in [3.8, 4) is 0 Å². The lowest BCUT2D eigenvalue weighted by Gasteiger charge is -2.21. The minimum Gasteiger partial charge on any atom is -0.398 e. The van der Waals surface area contributed by atoms with Crippen LogP contribution < -0.4 is 5.73 Å². The van der Waals surface area contributed by atoms with E-state index in [0.29, 0.717) is 13.1 Å². The topological polar surface area (TPSA) is 83.7 Å². The van der Waals surface area contributed by atoms with Crippen molar-refractivity contribution in [3.05, 3.63) is 24.0 Å². The van der Waals surface area contributed by atoms with Gasteiger partial charge in [0.15, 0.2) is 0 Å². The highest BCUT2D eigenvalue weighted by molar-refractivity contribution is 7.89. The van der Waals surface area contributed by atoms with E-state index in [2.05, 4.69) is 0 Å². The number of nitrogen functional groups attached to an aromatic ring is 1. The number of benzene rings is 1. The Balaban J connectivity index is 2.21. The molecule has 1 heterocycles. The van der Waals surface area contributed by atoms with Crippen LogP contribution in [0.5, 0.6) is 0 Å². The summed E-state index contributed by atoms with van der Waals surface area (Å²) in [5.41, 5.74) is 5.39. The van der Waals surface area contributed by atoms with Crippen LogP contribution in [0.25, 0.3) is 0 Å². The summed E-state index contributed by atoms with van der Waals surface area (Å²) >= 11 is 0. The Morgan fingerprint density at radius 3 is 2.57 bits per heavy atom. The highest BCUT2D eigenvalue weighted by atomic mass is 32.2. The minimum absolute atomic E-state index is 0.171. The molecule has 1 aromatic rings. The number of nitrogens with zero attached hydrogens (tertiary/aromatic N) is 2. The van der Waals surface area contributed by atoms with Gasteiger partial charge in [0.25, 0.3) is 0 Å². The van der Waals surface area contributed by atoms with Gasteiger partial charge in [-0.2, -0.15) is 4.31 Å². The van der Waals surface area contributed by atoms with Gasteiger partial charge in [-0.3, -0.25) is 4.79 Å². The lowest BCUT2D eigenvalue weighted by Crippen LogP contribution is -2.40. The van der Waals surface area contributed by atoms with E-state index in [4.69, 9.17) is 5.73 Å². The van der Waals surface area contributed by atoms with Gasteiger partial charge in [-0.25, -0.2) is 12.8 Å². The molecule has 0 spiro atoms. The van der Waals surface area contributed by atoms with E-state index in [1.54, 1.807) is 4.90 Å². The Kier molecular flexibility index (Phi) is 4.48. The molecule has 1 aliphatic rings. The highest BCUT2D eigenvalue weighted by Crippen LogP contribution is 2.24. The number of sulfonamides is 1. The molecule has 8 heteroatoms. The molecule has 6 nitrogen and oxygen atoms in total. The second-order valence-electron chi connectivity index (χ2n) is 5.01. The second-order valence-corrected chi connectivity index (χ2v) is 6.99. The molecule has 2 rings (SSSR count). The van der Waals surface area contributed by atoms with Crippen molar-refractivity contribution in [2.75, 3.05) is 32.4 Å². The quantitative estimate of drug-likeness (QED) is 0.827. The van der Waals surface area contributed by atoms with Crippen LogP contribution in [0.3, 0.4) is 0 Å². The first-order valence-electron chi connectivity index (χ1n) is 6.62. The normalized spacial score (nSPS) is 15.7. The van der Waals surface area contributed by atoms with E-state index in [1.165, 1.54) is 19.2 Å². The van der Waals surface area contributed by atoms with E-state index >= 15 is 0 Å². The zero-order valence-electron chi connectivity index (χ0n) is 11.8. The van der Waals surface area contributed by atoms with Crippen molar-refractivity contribution in [1.29, 1.82) is 0 Å². The maximum absolute atomic E-state index is 13.8. The van der Waals surface area contributed by atoms with Crippen LogP contribution in [-0.2, 0) is 14.8 Å². The largest absolute Gasteiger partial charge is 0.398 e. The maximum atomic E-state index is 13.8. The standard InChI is InChI=1S/C13H18FN3O3S/c1-16(9-12(18)17-7-2-3-8-17)21(19,20)13-10(14)5-4-6-11(13)15/h4-6H,2-3,7-9,15H2,1H3. The van der Waals surface area contributed by atoms with Gasteiger partial charge < -0.3 is 10.6 Å². The number of nitrogens with two attached hydrogens (primary N) is 1. The zero-order chi connectivity index (χ0) is 15.6. The van der Waals surface area contributed by atoms with Crippen LogP contribution in [0.4, 0.5) is 10.1 Å². The molecular formula is C13H18FN3O3S. The molecule has 1 amide bonds. The molecule has 0 atom stereocenters. The fraction of sp³-hybridized carbons (Fsp3) is 0.462. The smallest absolute Gasteiger partial charge is 0.248 e. The van der Waals surface area contributed by atoms with E-state index in [9.17, 15) is 17.6 Å². The summed E-state index contributed by atoms with van der Waals surface area (Å²) < 4.78 is 39.3. The summed E-state index contributed by atoms with van der Waals surface area (Å²) in [6.07, 6.45) is 1.84. The second kappa shape index (κ2) is 5.98. The monoisotopic (exact) mass is 315 g/mol. The van der Waals surface area contributed by atoms with Gasteiger partial charge in [-0.1, -0.05) is 6.07 Å². The molecular weight excluding hydrogens is 297 g/mol. The number of likely N-dealkylation sites (N-methyl/N-ethyl adjacent to an activating group) is 1. The first-order valence-corrected chi connectivity index (χ1v) is 8.06. The summed E-state index contributed by atoms with van der Waals surface area (Å²) in [6.45, 7) is 0.944. The molecule has 0 aliphatic carbocycles. The van der Waals surface area contributed by atoms with E-state index in [-0.39, 0.29) is 18.1 Å². The number of anilines is 1. The SMILES string of the molecule is CN(CC(=O)N1CCCC1)S(=O)(=O)c1c(N)cccc1F. The third-order valence-electron chi connectivity index (χ3n) is 3.48. The summed E-state index contributed by atoms with van der Waals surface area (Å²) in [5, 5.41) is 0. The number of likely N-dealkylation sites (tertiary alicyclic amines) is 1. The molecule has 1 saturated heterocycles. The molecule has 1 aliphatic heterocycles. The number of hydrogen-bond donors (Lipinski definition) is 1. The lowest BCUT2D eigenvalue weighted by atomic mass is 10.3. The fourth-order valence-electron chi connectivity index (χ4n) is 2.30. The Morgan fingerprint density at radius 1 is 1.38 bits per heavy atom. The molecule has 0 unspecified atom stereocenters. The third kappa shape index (κ3) is 3.16. The zero-order valence-corrected chi connectivity index (χ0v) is 12.6. The van der Waals surface area contributed by atoms with Crippen LogP contribution in [0.15, 0.2) is 23.1 Å². The first-order chi connectivity index (χ1) is 9.84. The lowest BCUT2D eigenvalue weighted by molar-refractivity contribution is -0.130. The van der Waals surface area contributed by atoms with Gasteiger partial charge in [0.05, 0.1) is 12.2 Å². The summed E-state index contributed by atoms with van der Waals surface area (Å²) in [4.78, 5) is 13.0. The van der Waals surface area contributed by atoms with Crippen LogP contribution in [0.1, 0.15) is 12.8 Å². The Hall–Kier alpha value is -1.67. The summed E-state index contributed by atoms with van der Waals surface area (Å²) in [7, 11) is -2.89.